The van der Waals surface area contributed by atoms with Crippen LogP contribution in [0.1, 0.15) is 29.8 Å². The van der Waals surface area contributed by atoms with E-state index in [1.807, 2.05) is 0 Å². The van der Waals surface area contributed by atoms with Gasteiger partial charge in [0.25, 0.3) is 11.5 Å². The summed E-state index contributed by atoms with van der Waals surface area (Å²) in [6, 6.07) is 12.2. The highest BCUT2D eigenvalue weighted by molar-refractivity contribution is 6.15. The molecule has 0 amide bonds. The molecule has 1 aliphatic heterocycles. The number of cyclic esters (lactones) is 2. The van der Waals surface area contributed by atoms with E-state index in [4.69, 9.17) is 9.47 Å². The highest BCUT2D eigenvalue weighted by Crippen LogP contribution is 2.28. The maximum absolute atomic E-state index is 12.5. The molecule has 9 nitrogen and oxygen atoms in total. The number of nitrogens with one attached hydrogen (secondary N) is 1. The van der Waals surface area contributed by atoms with Crippen molar-refractivity contribution in [2.75, 3.05) is 5.32 Å². The average Bonchev–Trinajstić information content (AvgIpc) is 2.66. The van der Waals surface area contributed by atoms with Crippen LogP contribution in [0.3, 0.4) is 0 Å². The normalized spacial score (nSPS) is 15.2. The van der Waals surface area contributed by atoms with Gasteiger partial charge in [-0.1, -0.05) is 30.3 Å². The van der Waals surface area contributed by atoms with Gasteiger partial charge in [-0.15, -0.1) is 0 Å². The predicted octanol–water partition coefficient (Wildman–Crippen LogP) is 2.96. The maximum atomic E-state index is 12.5. The van der Waals surface area contributed by atoms with E-state index in [-0.39, 0.29) is 17.0 Å². The second kappa shape index (κ2) is 7.55. The Morgan fingerprint density at radius 2 is 1.66 bits per heavy atom. The molecule has 148 valence electrons. The molecule has 3 rings (SSSR count). The van der Waals surface area contributed by atoms with E-state index in [1.165, 1.54) is 26.0 Å². The Hall–Kier alpha value is -4.01. The zero-order chi connectivity index (χ0) is 21.2. The van der Waals surface area contributed by atoms with Gasteiger partial charge >= 0.3 is 11.9 Å². The van der Waals surface area contributed by atoms with Crippen molar-refractivity contribution in [3.05, 3.63) is 81.5 Å². The van der Waals surface area contributed by atoms with Gasteiger partial charge in [0.05, 0.1) is 4.92 Å². The van der Waals surface area contributed by atoms with E-state index in [9.17, 15) is 24.5 Å². The number of ether oxygens (including phenoxy) is 2. The largest absolute Gasteiger partial charge is 0.419 e. The molecule has 0 aliphatic carbocycles. The Kier molecular flexibility index (Phi) is 5.14. The minimum atomic E-state index is -1.39. The van der Waals surface area contributed by atoms with Gasteiger partial charge in [0.15, 0.2) is 11.4 Å². The lowest BCUT2D eigenvalue weighted by Gasteiger charge is -2.29. The molecular weight excluding hydrogens is 380 g/mol. The lowest BCUT2D eigenvalue weighted by Crippen LogP contribution is -2.42. The number of benzene rings is 2. The maximum Gasteiger partial charge on any atom is 0.350 e. The summed E-state index contributed by atoms with van der Waals surface area (Å²) in [5.74, 6) is -3.61. The Morgan fingerprint density at radius 1 is 1.03 bits per heavy atom. The van der Waals surface area contributed by atoms with Crippen LogP contribution in [0.4, 0.5) is 11.4 Å². The van der Waals surface area contributed by atoms with Crippen LogP contribution in [0.5, 0.6) is 0 Å². The fourth-order valence-electron chi connectivity index (χ4n) is 2.63. The summed E-state index contributed by atoms with van der Waals surface area (Å²) in [6.45, 7) is 2.81. The molecule has 0 saturated carbocycles. The summed E-state index contributed by atoms with van der Waals surface area (Å²) in [6.07, 6.45) is 0.973. The van der Waals surface area contributed by atoms with E-state index in [0.29, 0.717) is 5.56 Å². The third kappa shape index (κ3) is 4.29. The van der Waals surface area contributed by atoms with E-state index < -0.39 is 33.9 Å². The minimum absolute atomic E-state index is 0.0162. The molecule has 0 radical (unpaired) electrons. The summed E-state index contributed by atoms with van der Waals surface area (Å²) in [7, 11) is 0. The molecular formula is C20H16N2O7. The SMILES string of the molecule is CC1(C)OC(=O)C(=CNc2ccc(C(=O)c3ccccc3)cc2[N+](=O)[O-])C(=O)O1. The number of anilines is 1. The van der Waals surface area contributed by atoms with Crippen LogP contribution in [0.2, 0.25) is 0 Å². The molecule has 1 aliphatic rings. The number of esters is 2. The van der Waals surface area contributed by atoms with Crippen LogP contribution in [0.15, 0.2) is 60.3 Å². The third-order valence-corrected chi connectivity index (χ3v) is 3.98. The summed E-state index contributed by atoms with van der Waals surface area (Å²) in [5.41, 5.74) is -0.346. The minimum Gasteiger partial charge on any atom is -0.419 e. The average molecular weight is 396 g/mol. The second-order valence-corrected chi connectivity index (χ2v) is 6.57. The monoisotopic (exact) mass is 396 g/mol. The molecule has 29 heavy (non-hydrogen) atoms. The number of hydrogen-bond donors (Lipinski definition) is 1. The van der Waals surface area contributed by atoms with Crippen molar-refractivity contribution >= 4 is 29.1 Å². The van der Waals surface area contributed by atoms with Crippen molar-refractivity contribution in [1.29, 1.82) is 0 Å². The Labute approximate surface area is 165 Å². The van der Waals surface area contributed by atoms with Crippen molar-refractivity contribution in [2.24, 2.45) is 0 Å². The Balaban J connectivity index is 1.89. The first kappa shape index (κ1) is 19.7. The van der Waals surface area contributed by atoms with Crippen LogP contribution in [-0.2, 0) is 19.1 Å². The van der Waals surface area contributed by atoms with Gasteiger partial charge in [-0.2, -0.15) is 0 Å². The van der Waals surface area contributed by atoms with Crippen LogP contribution in [0, 0.1) is 10.1 Å². The number of nitro groups is 1. The number of carbonyl (C=O) groups is 3. The number of nitro benzene ring substituents is 1. The molecule has 1 saturated heterocycles. The van der Waals surface area contributed by atoms with Gasteiger partial charge in [0.2, 0.25) is 0 Å². The van der Waals surface area contributed by atoms with E-state index >= 15 is 0 Å². The third-order valence-electron chi connectivity index (χ3n) is 3.98. The van der Waals surface area contributed by atoms with Gasteiger partial charge in [0, 0.05) is 37.2 Å². The predicted molar refractivity (Wildman–Crippen MR) is 101 cm³/mol. The molecule has 1 heterocycles. The zero-order valence-corrected chi connectivity index (χ0v) is 15.5. The molecule has 2 aromatic rings. The van der Waals surface area contributed by atoms with Crippen molar-refractivity contribution < 1.29 is 28.8 Å². The molecule has 2 aromatic carbocycles. The Bertz CT molecular complexity index is 1020. The topological polar surface area (TPSA) is 125 Å². The highest BCUT2D eigenvalue weighted by Gasteiger charge is 2.39. The second-order valence-electron chi connectivity index (χ2n) is 6.57. The molecule has 0 unspecified atom stereocenters. The molecule has 1 N–H and O–H groups in total. The smallest absolute Gasteiger partial charge is 0.350 e. The summed E-state index contributed by atoms with van der Waals surface area (Å²) in [4.78, 5) is 47.2. The Morgan fingerprint density at radius 3 is 2.24 bits per heavy atom. The van der Waals surface area contributed by atoms with Gasteiger partial charge in [0.1, 0.15) is 5.69 Å². The van der Waals surface area contributed by atoms with Gasteiger partial charge in [-0.3, -0.25) is 14.9 Å². The standard InChI is InChI=1S/C20H16N2O7/c1-20(2)28-18(24)14(19(25)29-20)11-21-15-9-8-13(10-16(15)22(26)27)17(23)12-6-4-3-5-7-12/h3-11,21H,1-2H3. The molecule has 1 fully saturated rings. The molecule has 0 atom stereocenters. The lowest BCUT2D eigenvalue weighted by molar-refractivity contribution is -0.383. The van der Waals surface area contributed by atoms with Crippen LogP contribution in [-0.4, -0.2) is 28.4 Å². The summed E-state index contributed by atoms with van der Waals surface area (Å²) in [5, 5.41) is 14.0. The van der Waals surface area contributed by atoms with Gasteiger partial charge in [-0.25, -0.2) is 9.59 Å². The number of hydrogen-bond acceptors (Lipinski definition) is 8. The first-order chi connectivity index (χ1) is 13.7. The van der Waals surface area contributed by atoms with E-state index in [0.717, 1.165) is 12.3 Å². The van der Waals surface area contributed by atoms with E-state index in [2.05, 4.69) is 5.32 Å². The number of rotatable bonds is 5. The van der Waals surface area contributed by atoms with Crippen molar-refractivity contribution in [1.82, 2.24) is 0 Å². The molecule has 0 bridgehead atoms. The number of nitrogens with zero attached hydrogens (tertiary/aromatic N) is 1. The van der Waals surface area contributed by atoms with Crippen molar-refractivity contribution in [3.63, 3.8) is 0 Å². The fourth-order valence-corrected chi connectivity index (χ4v) is 2.63. The summed E-state index contributed by atoms with van der Waals surface area (Å²) < 4.78 is 9.91. The van der Waals surface area contributed by atoms with E-state index in [1.54, 1.807) is 30.3 Å². The lowest BCUT2D eigenvalue weighted by atomic mass is 10.0. The van der Waals surface area contributed by atoms with Crippen molar-refractivity contribution in [3.8, 4) is 0 Å². The number of carbonyl (C=O) groups excluding carboxylic acids is 3. The van der Waals surface area contributed by atoms with Gasteiger partial charge < -0.3 is 14.8 Å². The first-order valence-electron chi connectivity index (χ1n) is 8.49. The molecule has 9 heteroatoms. The quantitative estimate of drug-likeness (QED) is 0.204. The fraction of sp³-hybridized carbons (Fsp3) is 0.150. The van der Waals surface area contributed by atoms with Gasteiger partial charge in [-0.05, 0) is 12.1 Å². The van der Waals surface area contributed by atoms with Crippen molar-refractivity contribution in [2.45, 2.75) is 19.6 Å². The molecule has 0 spiro atoms. The zero-order valence-electron chi connectivity index (χ0n) is 15.5. The number of ketones is 1. The van der Waals surface area contributed by atoms with Crippen LogP contribution < -0.4 is 5.32 Å². The first-order valence-corrected chi connectivity index (χ1v) is 8.49. The van der Waals surface area contributed by atoms with Crippen LogP contribution >= 0.6 is 0 Å². The van der Waals surface area contributed by atoms with Crippen LogP contribution in [0.25, 0.3) is 0 Å². The molecule has 0 aromatic heterocycles. The summed E-state index contributed by atoms with van der Waals surface area (Å²) >= 11 is 0. The highest BCUT2D eigenvalue weighted by atomic mass is 16.7.